The third kappa shape index (κ3) is 4.28. The number of Topliss-reactive ketones (excluding diaryl/α,β-unsaturated/α-hetero) is 1. The molecule has 1 rings (SSSR count). The monoisotopic (exact) mass is 215 g/mol. The normalized spacial score (nSPS) is 23.7. The van der Waals surface area contributed by atoms with Gasteiger partial charge in [-0.1, -0.05) is 0 Å². The molecule has 1 saturated heterocycles. The van der Waals surface area contributed by atoms with E-state index >= 15 is 0 Å². The molecule has 0 aromatic rings. The average molecular weight is 215 g/mol. The second-order valence-corrected chi connectivity index (χ2v) is 4.06. The van der Waals surface area contributed by atoms with Crippen LogP contribution in [-0.2, 0) is 14.3 Å². The first kappa shape index (κ1) is 12.6. The van der Waals surface area contributed by atoms with Crippen LogP contribution in [0.1, 0.15) is 25.7 Å². The van der Waals surface area contributed by atoms with E-state index < -0.39 is 0 Å². The lowest BCUT2D eigenvalue weighted by Gasteiger charge is -2.23. The van der Waals surface area contributed by atoms with E-state index in [9.17, 15) is 4.79 Å². The summed E-state index contributed by atoms with van der Waals surface area (Å²) >= 11 is 0. The zero-order valence-corrected chi connectivity index (χ0v) is 9.41. The van der Waals surface area contributed by atoms with Crippen LogP contribution in [0.15, 0.2) is 0 Å². The van der Waals surface area contributed by atoms with Gasteiger partial charge in [0.25, 0.3) is 0 Å². The van der Waals surface area contributed by atoms with Crippen LogP contribution in [0.5, 0.6) is 0 Å². The van der Waals surface area contributed by atoms with E-state index in [0.29, 0.717) is 19.6 Å². The summed E-state index contributed by atoms with van der Waals surface area (Å²) in [5, 5.41) is 0. The molecule has 4 heteroatoms. The molecule has 0 spiro atoms. The Morgan fingerprint density at radius 3 is 3.07 bits per heavy atom. The van der Waals surface area contributed by atoms with Crippen molar-refractivity contribution in [3.05, 3.63) is 0 Å². The molecule has 2 atom stereocenters. The van der Waals surface area contributed by atoms with Crippen LogP contribution < -0.4 is 5.73 Å². The van der Waals surface area contributed by atoms with Gasteiger partial charge in [0.2, 0.25) is 0 Å². The molecule has 1 heterocycles. The molecule has 0 amide bonds. The van der Waals surface area contributed by atoms with Crippen LogP contribution in [0.25, 0.3) is 0 Å². The highest BCUT2D eigenvalue weighted by Crippen LogP contribution is 2.16. The minimum atomic E-state index is -0.341. The van der Waals surface area contributed by atoms with Gasteiger partial charge in [0.1, 0.15) is 0 Å². The van der Waals surface area contributed by atoms with E-state index in [2.05, 4.69) is 0 Å². The van der Waals surface area contributed by atoms with Crippen molar-refractivity contribution in [3.8, 4) is 0 Å². The number of carbonyl (C=O) groups is 1. The summed E-state index contributed by atoms with van der Waals surface area (Å²) in [6, 6.07) is -0.341. The van der Waals surface area contributed by atoms with Crippen LogP contribution in [0.2, 0.25) is 0 Å². The van der Waals surface area contributed by atoms with Crippen LogP contribution >= 0.6 is 0 Å². The second kappa shape index (κ2) is 6.93. The lowest BCUT2D eigenvalue weighted by molar-refractivity contribution is -0.128. The highest BCUT2D eigenvalue weighted by molar-refractivity contribution is 5.86. The summed E-state index contributed by atoms with van der Waals surface area (Å²) in [4.78, 5) is 11.8. The van der Waals surface area contributed by atoms with E-state index in [1.54, 1.807) is 7.11 Å². The summed E-state index contributed by atoms with van der Waals surface area (Å²) < 4.78 is 10.2. The van der Waals surface area contributed by atoms with Gasteiger partial charge in [-0.3, -0.25) is 4.79 Å². The fraction of sp³-hybridized carbons (Fsp3) is 0.909. The van der Waals surface area contributed by atoms with E-state index in [1.165, 1.54) is 0 Å². The molecule has 4 nitrogen and oxygen atoms in total. The fourth-order valence-electron chi connectivity index (χ4n) is 1.86. The van der Waals surface area contributed by atoms with Gasteiger partial charge in [-0.15, -0.1) is 0 Å². The second-order valence-electron chi connectivity index (χ2n) is 4.06. The minimum Gasteiger partial charge on any atom is -0.385 e. The van der Waals surface area contributed by atoms with Crippen molar-refractivity contribution in [2.24, 2.45) is 11.7 Å². The van der Waals surface area contributed by atoms with Crippen molar-refractivity contribution in [2.75, 3.05) is 26.9 Å². The van der Waals surface area contributed by atoms with Gasteiger partial charge in [0, 0.05) is 26.2 Å². The first-order chi connectivity index (χ1) is 7.25. The molecule has 1 aliphatic rings. The van der Waals surface area contributed by atoms with Crippen molar-refractivity contribution in [1.82, 2.24) is 0 Å². The topological polar surface area (TPSA) is 61.5 Å². The number of hydrogen-bond donors (Lipinski definition) is 1. The average Bonchev–Trinajstić information content (AvgIpc) is 2.29. The molecule has 0 bridgehead atoms. The predicted octanol–water partition coefficient (Wildman–Crippen LogP) is 0.736. The standard InChI is InChI=1S/C11H21NO3/c1-14-6-3-5-10(12)11(13)9-4-2-7-15-8-9/h9-10H,2-8,12H2,1H3. The van der Waals surface area contributed by atoms with Crippen molar-refractivity contribution in [2.45, 2.75) is 31.7 Å². The lowest BCUT2D eigenvalue weighted by Crippen LogP contribution is -2.39. The van der Waals surface area contributed by atoms with Crippen LogP contribution in [0.3, 0.4) is 0 Å². The Hall–Kier alpha value is -0.450. The molecule has 1 aliphatic heterocycles. The van der Waals surface area contributed by atoms with Crippen LogP contribution in [0, 0.1) is 5.92 Å². The number of nitrogens with two attached hydrogens (primary N) is 1. The summed E-state index contributed by atoms with van der Waals surface area (Å²) in [6.45, 7) is 2.00. The molecule has 0 aromatic carbocycles. The Balaban J connectivity index is 2.24. The molecule has 2 N–H and O–H groups in total. The van der Waals surface area contributed by atoms with Gasteiger partial charge < -0.3 is 15.2 Å². The van der Waals surface area contributed by atoms with Crippen molar-refractivity contribution >= 4 is 5.78 Å². The van der Waals surface area contributed by atoms with Gasteiger partial charge in [0.15, 0.2) is 5.78 Å². The minimum absolute atomic E-state index is 0.0243. The summed E-state index contributed by atoms with van der Waals surface area (Å²) in [7, 11) is 1.66. The van der Waals surface area contributed by atoms with Crippen molar-refractivity contribution in [1.29, 1.82) is 0 Å². The molecule has 0 aromatic heterocycles. The molecule has 0 aliphatic carbocycles. The van der Waals surface area contributed by atoms with Gasteiger partial charge in [-0.2, -0.15) is 0 Å². The van der Waals surface area contributed by atoms with E-state index in [0.717, 1.165) is 25.9 Å². The molecular weight excluding hydrogens is 194 g/mol. The largest absolute Gasteiger partial charge is 0.385 e. The first-order valence-corrected chi connectivity index (χ1v) is 5.61. The Bertz CT molecular complexity index is 190. The molecule has 0 saturated carbocycles. The van der Waals surface area contributed by atoms with E-state index in [1.807, 2.05) is 0 Å². The molecular formula is C11H21NO3. The predicted molar refractivity (Wildman–Crippen MR) is 57.6 cm³/mol. The van der Waals surface area contributed by atoms with Crippen molar-refractivity contribution < 1.29 is 14.3 Å². The molecule has 88 valence electrons. The Morgan fingerprint density at radius 1 is 1.67 bits per heavy atom. The number of hydrogen-bond acceptors (Lipinski definition) is 4. The van der Waals surface area contributed by atoms with Crippen LogP contribution in [-0.4, -0.2) is 38.8 Å². The van der Waals surface area contributed by atoms with Crippen LogP contribution in [0.4, 0.5) is 0 Å². The molecule has 1 fully saturated rings. The Kier molecular flexibility index (Phi) is 5.83. The fourth-order valence-corrected chi connectivity index (χ4v) is 1.86. The maximum atomic E-state index is 11.8. The zero-order chi connectivity index (χ0) is 11.1. The molecule has 2 unspecified atom stereocenters. The Morgan fingerprint density at radius 2 is 2.47 bits per heavy atom. The van der Waals surface area contributed by atoms with E-state index in [-0.39, 0.29) is 17.7 Å². The summed E-state index contributed by atoms with van der Waals surface area (Å²) in [5.74, 6) is 0.182. The SMILES string of the molecule is COCCCC(N)C(=O)C1CCCOC1. The van der Waals surface area contributed by atoms with Gasteiger partial charge in [0.05, 0.1) is 12.6 Å². The quantitative estimate of drug-likeness (QED) is 0.664. The van der Waals surface area contributed by atoms with Gasteiger partial charge in [-0.05, 0) is 25.7 Å². The third-order valence-electron chi connectivity index (χ3n) is 2.79. The highest BCUT2D eigenvalue weighted by atomic mass is 16.5. The molecule has 15 heavy (non-hydrogen) atoms. The smallest absolute Gasteiger partial charge is 0.154 e. The summed E-state index contributed by atoms with van der Waals surface area (Å²) in [6.07, 6.45) is 3.46. The Labute approximate surface area is 91.1 Å². The first-order valence-electron chi connectivity index (χ1n) is 5.61. The maximum Gasteiger partial charge on any atom is 0.154 e. The number of ketones is 1. The maximum absolute atomic E-state index is 11.8. The zero-order valence-electron chi connectivity index (χ0n) is 9.41. The number of carbonyl (C=O) groups excluding carboxylic acids is 1. The molecule has 0 radical (unpaired) electrons. The van der Waals surface area contributed by atoms with E-state index in [4.69, 9.17) is 15.2 Å². The van der Waals surface area contributed by atoms with Gasteiger partial charge >= 0.3 is 0 Å². The number of methoxy groups -OCH3 is 1. The number of rotatable bonds is 6. The van der Waals surface area contributed by atoms with Crippen molar-refractivity contribution in [3.63, 3.8) is 0 Å². The highest BCUT2D eigenvalue weighted by Gasteiger charge is 2.25. The summed E-state index contributed by atoms with van der Waals surface area (Å²) in [5.41, 5.74) is 5.83. The van der Waals surface area contributed by atoms with Gasteiger partial charge in [-0.25, -0.2) is 0 Å². The lowest BCUT2D eigenvalue weighted by atomic mass is 9.91. The third-order valence-corrected chi connectivity index (χ3v) is 2.79. The number of ether oxygens (including phenoxy) is 2.